The van der Waals surface area contributed by atoms with Gasteiger partial charge in [-0.05, 0) is 77.6 Å². The number of benzene rings is 3. The van der Waals surface area contributed by atoms with E-state index in [0.717, 1.165) is 40.7 Å². The molecule has 3 aromatic carbocycles. The summed E-state index contributed by atoms with van der Waals surface area (Å²) < 4.78 is 5.06. The molecule has 0 aromatic heterocycles. The Balaban J connectivity index is 1.53. The average Bonchev–Trinajstić information content (AvgIpc) is 2.96. The van der Waals surface area contributed by atoms with Gasteiger partial charge in [0.1, 0.15) is 0 Å². The lowest BCUT2D eigenvalue weighted by atomic mass is 9.84. The van der Waals surface area contributed by atoms with Crippen LogP contribution in [0, 0.1) is 6.92 Å². The molecule has 4 heteroatoms. The van der Waals surface area contributed by atoms with E-state index in [9.17, 15) is 9.59 Å². The van der Waals surface area contributed by atoms with Gasteiger partial charge in [-0.15, -0.1) is 0 Å². The van der Waals surface area contributed by atoms with Crippen LogP contribution in [0.4, 0.5) is 0 Å². The molecule has 1 saturated carbocycles. The summed E-state index contributed by atoms with van der Waals surface area (Å²) in [6.07, 6.45) is 8.94. The number of hydrogen-bond donors (Lipinski definition) is 0. The number of unbranched alkanes of at least 4 members (excludes halogenated alkanes) is 1. The standard InChI is InChI=1S/C34H41NO3/c1-4-5-21-35(33(36)23-26-15-18-29(19-16-26)28-12-7-6-8-13-28)24-27-17-20-31(34(37)38-3)32(22-27)30-14-10-9-11-25(30)2/h9-11,14-20,22,28H,4-8,12-13,21,23-24H2,1-3H3. The first-order chi connectivity index (χ1) is 18.5. The van der Waals surface area contributed by atoms with Crippen LogP contribution in [0.3, 0.4) is 0 Å². The third-order valence-corrected chi connectivity index (χ3v) is 7.84. The van der Waals surface area contributed by atoms with Crippen molar-refractivity contribution in [2.24, 2.45) is 0 Å². The lowest BCUT2D eigenvalue weighted by Gasteiger charge is -2.24. The molecule has 0 N–H and O–H groups in total. The smallest absolute Gasteiger partial charge is 0.338 e. The summed E-state index contributed by atoms with van der Waals surface area (Å²) in [5.74, 6) is 0.453. The molecule has 0 bridgehead atoms. The summed E-state index contributed by atoms with van der Waals surface area (Å²) in [4.78, 5) is 28.0. The van der Waals surface area contributed by atoms with Gasteiger partial charge in [-0.3, -0.25) is 4.79 Å². The Morgan fingerprint density at radius 1 is 0.895 bits per heavy atom. The first kappa shape index (κ1) is 27.6. The lowest BCUT2D eigenvalue weighted by Crippen LogP contribution is -2.32. The molecule has 200 valence electrons. The third-order valence-electron chi connectivity index (χ3n) is 7.84. The fourth-order valence-corrected chi connectivity index (χ4v) is 5.57. The highest BCUT2D eigenvalue weighted by Crippen LogP contribution is 2.33. The van der Waals surface area contributed by atoms with E-state index in [1.54, 1.807) is 0 Å². The maximum absolute atomic E-state index is 13.5. The van der Waals surface area contributed by atoms with E-state index in [4.69, 9.17) is 4.74 Å². The zero-order valence-corrected chi connectivity index (χ0v) is 23.2. The van der Waals surface area contributed by atoms with Gasteiger partial charge in [-0.1, -0.05) is 87.2 Å². The Morgan fingerprint density at radius 3 is 2.29 bits per heavy atom. The van der Waals surface area contributed by atoms with Crippen LogP contribution in [0.5, 0.6) is 0 Å². The first-order valence-corrected chi connectivity index (χ1v) is 14.1. The van der Waals surface area contributed by atoms with Crippen LogP contribution in [0.1, 0.15) is 90.4 Å². The number of aryl methyl sites for hydroxylation is 1. The van der Waals surface area contributed by atoms with E-state index in [0.29, 0.717) is 31.0 Å². The van der Waals surface area contributed by atoms with Crippen LogP contribution in [0.15, 0.2) is 66.7 Å². The average molecular weight is 512 g/mol. The van der Waals surface area contributed by atoms with Crippen molar-refractivity contribution in [1.82, 2.24) is 4.90 Å². The van der Waals surface area contributed by atoms with Crippen molar-refractivity contribution in [1.29, 1.82) is 0 Å². The van der Waals surface area contributed by atoms with Crippen LogP contribution >= 0.6 is 0 Å². The molecule has 0 spiro atoms. The molecule has 3 aromatic rings. The van der Waals surface area contributed by atoms with Crippen LogP contribution in [-0.2, 0) is 22.5 Å². The molecular formula is C34H41NO3. The molecular weight excluding hydrogens is 470 g/mol. The summed E-state index contributed by atoms with van der Waals surface area (Å²) in [5.41, 5.74) is 6.96. The zero-order valence-electron chi connectivity index (χ0n) is 23.2. The highest BCUT2D eigenvalue weighted by molar-refractivity contribution is 5.97. The van der Waals surface area contributed by atoms with E-state index in [1.165, 1.54) is 44.8 Å². The Hall–Kier alpha value is -3.40. The molecule has 4 nitrogen and oxygen atoms in total. The fraction of sp³-hybridized carbons (Fsp3) is 0.412. The van der Waals surface area contributed by atoms with Crippen molar-refractivity contribution in [3.63, 3.8) is 0 Å². The number of amides is 1. The Bertz CT molecular complexity index is 1220. The Labute approximate surface area is 228 Å². The second-order valence-electron chi connectivity index (χ2n) is 10.6. The van der Waals surface area contributed by atoms with Gasteiger partial charge < -0.3 is 9.64 Å². The normalized spacial score (nSPS) is 13.8. The van der Waals surface area contributed by atoms with Crippen LogP contribution in [0.2, 0.25) is 0 Å². The molecule has 0 aliphatic heterocycles. The van der Waals surface area contributed by atoms with E-state index < -0.39 is 0 Å². The molecule has 1 aliphatic rings. The van der Waals surface area contributed by atoms with Crippen molar-refractivity contribution in [2.45, 2.75) is 77.7 Å². The summed E-state index contributed by atoms with van der Waals surface area (Å²) in [5, 5.41) is 0. The minimum atomic E-state index is -0.356. The molecule has 38 heavy (non-hydrogen) atoms. The number of carbonyl (C=O) groups excluding carboxylic acids is 2. The predicted molar refractivity (Wildman–Crippen MR) is 154 cm³/mol. The molecule has 0 saturated heterocycles. The molecule has 0 unspecified atom stereocenters. The molecule has 0 radical (unpaired) electrons. The maximum Gasteiger partial charge on any atom is 0.338 e. The van der Waals surface area contributed by atoms with Gasteiger partial charge in [0.05, 0.1) is 19.1 Å². The lowest BCUT2D eigenvalue weighted by molar-refractivity contribution is -0.131. The quantitative estimate of drug-likeness (QED) is 0.260. The molecule has 1 aliphatic carbocycles. The summed E-state index contributed by atoms with van der Waals surface area (Å²) in [7, 11) is 1.41. The van der Waals surface area contributed by atoms with Gasteiger partial charge in [0.2, 0.25) is 5.91 Å². The molecule has 1 amide bonds. The zero-order chi connectivity index (χ0) is 26.9. The minimum absolute atomic E-state index is 0.137. The molecule has 1 fully saturated rings. The topological polar surface area (TPSA) is 46.6 Å². The Morgan fingerprint density at radius 2 is 1.61 bits per heavy atom. The van der Waals surface area contributed by atoms with Gasteiger partial charge in [-0.25, -0.2) is 4.79 Å². The highest BCUT2D eigenvalue weighted by atomic mass is 16.5. The summed E-state index contributed by atoms with van der Waals surface area (Å²) >= 11 is 0. The second-order valence-corrected chi connectivity index (χ2v) is 10.6. The monoisotopic (exact) mass is 511 g/mol. The predicted octanol–water partition coefficient (Wildman–Crippen LogP) is 7.87. The molecule has 4 rings (SSSR count). The summed E-state index contributed by atoms with van der Waals surface area (Å²) in [6.45, 7) is 5.42. The first-order valence-electron chi connectivity index (χ1n) is 14.1. The summed E-state index contributed by atoms with van der Waals surface area (Å²) in [6, 6.07) is 22.6. The second kappa shape index (κ2) is 13.4. The van der Waals surface area contributed by atoms with E-state index in [1.807, 2.05) is 54.3 Å². The van der Waals surface area contributed by atoms with Gasteiger partial charge >= 0.3 is 5.97 Å². The highest BCUT2D eigenvalue weighted by Gasteiger charge is 2.20. The number of ether oxygens (including phenoxy) is 1. The number of methoxy groups -OCH3 is 1. The van der Waals surface area contributed by atoms with Crippen molar-refractivity contribution in [3.05, 3.63) is 94.5 Å². The van der Waals surface area contributed by atoms with Gasteiger partial charge in [0.15, 0.2) is 0 Å². The third kappa shape index (κ3) is 6.92. The van der Waals surface area contributed by atoms with Crippen molar-refractivity contribution in [2.75, 3.05) is 13.7 Å². The van der Waals surface area contributed by atoms with Gasteiger partial charge in [0, 0.05) is 13.1 Å². The minimum Gasteiger partial charge on any atom is -0.465 e. The van der Waals surface area contributed by atoms with Gasteiger partial charge in [-0.2, -0.15) is 0 Å². The molecule has 0 atom stereocenters. The maximum atomic E-state index is 13.5. The van der Waals surface area contributed by atoms with Crippen LogP contribution in [-0.4, -0.2) is 30.4 Å². The SMILES string of the molecule is CCCCN(Cc1ccc(C(=O)OC)c(-c2ccccc2C)c1)C(=O)Cc1ccc(C2CCCCC2)cc1. The number of rotatable bonds is 10. The van der Waals surface area contributed by atoms with Crippen LogP contribution < -0.4 is 0 Å². The number of carbonyl (C=O) groups is 2. The number of esters is 1. The largest absolute Gasteiger partial charge is 0.465 e. The van der Waals surface area contributed by atoms with E-state index in [-0.39, 0.29) is 11.9 Å². The van der Waals surface area contributed by atoms with Crippen molar-refractivity contribution >= 4 is 11.9 Å². The van der Waals surface area contributed by atoms with Crippen molar-refractivity contribution < 1.29 is 14.3 Å². The number of hydrogen-bond acceptors (Lipinski definition) is 3. The van der Waals surface area contributed by atoms with Crippen LogP contribution in [0.25, 0.3) is 11.1 Å². The van der Waals surface area contributed by atoms with Gasteiger partial charge in [0.25, 0.3) is 0 Å². The number of nitrogens with zero attached hydrogens (tertiary/aromatic N) is 1. The fourth-order valence-electron chi connectivity index (χ4n) is 5.57. The molecule has 0 heterocycles. The Kier molecular flexibility index (Phi) is 9.75. The van der Waals surface area contributed by atoms with Crippen molar-refractivity contribution in [3.8, 4) is 11.1 Å². The van der Waals surface area contributed by atoms with E-state index in [2.05, 4.69) is 31.2 Å². The van der Waals surface area contributed by atoms with E-state index >= 15 is 0 Å².